The largest absolute Gasteiger partial charge is 0.0616 e. The van der Waals surface area contributed by atoms with E-state index in [9.17, 15) is 0 Å². The molecule has 0 heteroatoms. The number of fused-ring (bicyclic) bond motifs is 3. The first-order valence-electron chi connectivity index (χ1n) is 13.7. The Balaban J connectivity index is 1.72. The van der Waals surface area contributed by atoms with Crippen molar-refractivity contribution < 1.29 is 0 Å². The molecule has 6 rings (SSSR count). The molecule has 0 N–H and O–H groups in total. The van der Waals surface area contributed by atoms with Crippen LogP contribution < -0.4 is 0 Å². The fraction of sp³-hybridized carbons (Fsp3) is 0.211. The first kappa shape index (κ1) is 24.4. The van der Waals surface area contributed by atoms with Crippen LogP contribution in [-0.4, -0.2) is 0 Å². The molecular weight excluding hydrogens is 456 g/mol. The average molecular weight is 493 g/mol. The second kappa shape index (κ2) is 8.84. The van der Waals surface area contributed by atoms with E-state index in [1.54, 1.807) is 0 Å². The Morgan fingerprint density at radius 1 is 0.368 bits per heavy atom. The van der Waals surface area contributed by atoms with E-state index in [2.05, 4.69) is 151 Å². The van der Waals surface area contributed by atoms with E-state index < -0.39 is 0 Å². The van der Waals surface area contributed by atoms with Gasteiger partial charge in [-0.3, -0.25) is 0 Å². The highest BCUT2D eigenvalue weighted by Crippen LogP contribution is 2.44. The summed E-state index contributed by atoms with van der Waals surface area (Å²) in [7, 11) is 0. The average Bonchev–Trinajstić information content (AvgIpc) is 2.90. The Kier molecular flexibility index (Phi) is 5.69. The van der Waals surface area contributed by atoms with Crippen molar-refractivity contribution >= 4 is 32.3 Å². The molecule has 0 fully saturated rings. The van der Waals surface area contributed by atoms with Crippen molar-refractivity contribution in [3.8, 4) is 22.3 Å². The lowest BCUT2D eigenvalue weighted by molar-refractivity contribution is 0.590. The molecule has 38 heavy (non-hydrogen) atoms. The smallest absolute Gasteiger partial charge is 0.00264 e. The minimum Gasteiger partial charge on any atom is -0.0616 e. The van der Waals surface area contributed by atoms with E-state index in [4.69, 9.17) is 0 Å². The van der Waals surface area contributed by atoms with Crippen molar-refractivity contribution in [2.45, 2.75) is 52.4 Å². The van der Waals surface area contributed by atoms with E-state index in [0.29, 0.717) is 0 Å². The molecule has 0 saturated carbocycles. The molecule has 0 heterocycles. The van der Waals surface area contributed by atoms with Gasteiger partial charge in [0.05, 0.1) is 0 Å². The number of benzene rings is 6. The third-order valence-corrected chi connectivity index (χ3v) is 7.97. The Morgan fingerprint density at radius 2 is 0.711 bits per heavy atom. The van der Waals surface area contributed by atoms with E-state index in [1.807, 2.05) is 0 Å². The highest BCUT2D eigenvalue weighted by Gasteiger charge is 2.19. The van der Waals surface area contributed by atoms with Gasteiger partial charge in [-0.2, -0.15) is 0 Å². The summed E-state index contributed by atoms with van der Waals surface area (Å²) in [6.07, 6.45) is 0. The Bertz CT molecular complexity index is 1650. The number of hydrogen-bond acceptors (Lipinski definition) is 0. The van der Waals surface area contributed by atoms with Crippen LogP contribution in [0.25, 0.3) is 54.6 Å². The zero-order chi connectivity index (χ0) is 26.7. The molecule has 188 valence electrons. The fourth-order valence-corrected chi connectivity index (χ4v) is 5.77. The molecule has 6 aromatic rings. The zero-order valence-corrected chi connectivity index (χ0v) is 23.4. The molecule has 6 aromatic carbocycles. The Hall–Kier alpha value is -3.90. The van der Waals surface area contributed by atoms with Gasteiger partial charge in [0.15, 0.2) is 0 Å². The summed E-state index contributed by atoms with van der Waals surface area (Å²) in [5, 5.41) is 7.76. The molecule has 0 nitrogen and oxygen atoms in total. The van der Waals surface area contributed by atoms with Crippen molar-refractivity contribution in [1.82, 2.24) is 0 Å². The van der Waals surface area contributed by atoms with Crippen LogP contribution >= 0.6 is 0 Å². The van der Waals surface area contributed by atoms with Crippen molar-refractivity contribution in [3.63, 3.8) is 0 Å². The van der Waals surface area contributed by atoms with Crippen LogP contribution in [0.15, 0.2) is 109 Å². The van der Waals surface area contributed by atoms with Gasteiger partial charge < -0.3 is 0 Å². The number of rotatable bonds is 2. The summed E-state index contributed by atoms with van der Waals surface area (Å²) in [4.78, 5) is 0. The maximum Gasteiger partial charge on any atom is -0.00264 e. The first-order valence-corrected chi connectivity index (χ1v) is 13.7. The third kappa shape index (κ3) is 4.19. The minimum absolute atomic E-state index is 0.127. The molecule has 0 atom stereocenters. The lowest BCUT2D eigenvalue weighted by Crippen LogP contribution is -2.10. The molecule has 0 aliphatic rings. The van der Waals surface area contributed by atoms with Gasteiger partial charge in [-0.25, -0.2) is 0 Å². The molecule has 0 aliphatic heterocycles. The summed E-state index contributed by atoms with van der Waals surface area (Å²) in [6.45, 7) is 13.7. The monoisotopic (exact) mass is 492 g/mol. The second-order valence-electron chi connectivity index (χ2n) is 12.7. The molecule has 0 amide bonds. The summed E-state index contributed by atoms with van der Waals surface area (Å²) < 4.78 is 0. The molecule has 0 spiro atoms. The van der Waals surface area contributed by atoms with Gasteiger partial charge in [-0.15, -0.1) is 0 Å². The second-order valence-corrected chi connectivity index (χ2v) is 12.7. The Morgan fingerprint density at radius 3 is 1.05 bits per heavy atom. The molecule has 0 aromatic heterocycles. The van der Waals surface area contributed by atoms with Crippen molar-refractivity contribution in [2.24, 2.45) is 0 Å². The highest BCUT2D eigenvalue weighted by molar-refractivity contribution is 6.22. The van der Waals surface area contributed by atoms with Gasteiger partial charge in [0.2, 0.25) is 0 Å². The molecule has 0 unspecified atom stereocenters. The van der Waals surface area contributed by atoms with Gasteiger partial charge >= 0.3 is 0 Å². The molecule has 0 aliphatic carbocycles. The fourth-order valence-electron chi connectivity index (χ4n) is 5.77. The van der Waals surface area contributed by atoms with Crippen molar-refractivity contribution in [2.75, 3.05) is 0 Å². The summed E-state index contributed by atoms with van der Waals surface area (Å²) >= 11 is 0. The quantitative estimate of drug-likeness (QED) is 0.211. The summed E-state index contributed by atoms with van der Waals surface area (Å²) in [5.74, 6) is 0. The van der Waals surface area contributed by atoms with E-state index in [1.165, 1.54) is 65.7 Å². The first-order chi connectivity index (χ1) is 18.1. The van der Waals surface area contributed by atoms with Gasteiger partial charge in [-0.1, -0.05) is 139 Å². The van der Waals surface area contributed by atoms with E-state index in [-0.39, 0.29) is 10.8 Å². The molecule has 0 saturated heterocycles. The van der Waals surface area contributed by atoms with Gasteiger partial charge in [0, 0.05) is 0 Å². The van der Waals surface area contributed by atoms with Gasteiger partial charge in [-0.05, 0) is 88.7 Å². The minimum atomic E-state index is 0.127. The van der Waals surface area contributed by atoms with Crippen LogP contribution in [0.3, 0.4) is 0 Å². The van der Waals surface area contributed by atoms with Gasteiger partial charge in [0.25, 0.3) is 0 Å². The van der Waals surface area contributed by atoms with Crippen LogP contribution in [-0.2, 0) is 10.8 Å². The normalized spacial score (nSPS) is 12.5. The number of hydrogen-bond donors (Lipinski definition) is 0. The predicted molar refractivity (Wildman–Crippen MR) is 167 cm³/mol. The van der Waals surface area contributed by atoms with E-state index in [0.717, 1.165) is 0 Å². The third-order valence-electron chi connectivity index (χ3n) is 7.97. The maximum absolute atomic E-state index is 2.40. The predicted octanol–water partition coefficient (Wildman–Crippen LogP) is 11.1. The molecule has 0 radical (unpaired) electrons. The van der Waals surface area contributed by atoms with Crippen LogP contribution in [0, 0.1) is 0 Å². The van der Waals surface area contributed by atoms with Crippen LogP contribution in [0.2, 0.25) is 0 Å². The van der Waals surface area contributed by atoms with Crippen molar-refractivity contribution in [1.29, 1.82) is 0 Å². The summed E-state index contributed by atoms with van der Waals surface area (Å²) in [6, 6.07) is 40.9. The van der Waals surface area contributed by atoms with Crippen molar-refractivity contribution in [3.05, 3.63) is 120 Å². The molecule has 0 bridgehead atoms. The lowest BCUT2D eigenvalue weighted by Gasteiger charge is -2.21. The van der Waals surface area contributed by atoms with Crippen LogP contribution in [0.1, 0.15) is 52.7 Å². The highest BCUT2D eigenvalue weighted by atomic mass is 14.2. The SMILES string of the molecule is CC(C)(C)c1ccc(-c2c3ccccc3cc3c(-c4ccc(C(C)(C)C)cc4)c4ccccc4cc23)cc1. The topological polar surface area (TPSA) is 0 Å². The van der Waals surface area contributed by atoms with Gasteiger partial charge in [0.1, 0.15) is 0 Å². The van der Waals surface area contributed by atoms with Crippen LogP contribution in [0.4, 0.5) is 0 Å². The zero-order valence-electron chi connectivity index (χ0n) is 23.4. The van der Waals surface area contributed by atoms with Crippen LogP contribution in [0.5, 0.6) is 0 Å². The molecular formula is C38H36. The Labute approximate surface area is 227 Å². The van der Waals surface area contributed by atoms with E-state index >= 15 is 0 Å². The summed E-state index contributed by atoms with van der Waals surface area (Å²) in [5.41, 5.74) is 8.14. The lowest BCUT2D eigenvalue weighted by atomic mass is 9.83. The maximum atomic E-state index is 2.40. The standard InChI is InChI=1S/C38H36/c1-37(2,3)29-19-15-25(16-20-29)35-31-13-9-7-11-27(31)24-34-33(35)23-28-12-8-10-14-32(28)36(34)26-17-21-30(22-18-26)38(4,5)6/h7-24H,1-6H3.